The van der Waals surface area contributed by atoms with E-state index in [0.717, 1.165) is 6.61 Å². The summed E-state index contributed by atoms with van der Waals surface area (Å²) in [6.45, 7) is 1.48. The zero-order valence-corrected chi connectivity index (χ0v) is 12.4. The van der Waals surface area contributed by atoms with Crippen LogP contribution in [0.3, 0.4) is 0 Å². The van der Waals surface area contributed by atoms with Crippen molar-refractivity contribution >= 4 is 18.3 Å². The van der Waals surface area contributed by atoms with Gasteiger partial charge in [-0.1, -0.05) is 19.3 Å². The highest BCUT2D eigenvalue weighted by atomic mass is 35.5. The Morgan fingerprint density at radius 2 is 1.89 bits per heavy atom. The molecule has 0 bridgehead atoms. The molecule has 0 aromatic rings. The Bertz CT molecular complexity index is 266. The summed E-state index contributed by atoms with van der Waals surface area (Å²) in [5.41, 5.74) is 5.78. The van der Waals surface area contributed by atoms with Crippen LogP contribution in [0.15, 0.2) is 0 Å². The molecule has 19 heavy (non-hydrogen) atoms. The predicted molar refractivity (Wildman–Crippen MR) is 78.4 cm³/mol. The fraction of sp³-hybridized carbons (Fsp3) is 0.929. The lowest BCUT2D eigenvalue weighted by molar-refractivity contribution is -0.127. The van der Waals surface area contributed by atoms with Crippen molar-refractivity contribution in [3.8, 4) is 0 Å². The van der Waals surface area contributed by atoms with Crippen LogP contribution >= 0.6 is 12.4 Å². The lowest BCUT2D eigenvalue weighted by atomic mass is 9.84. The molecule has 2 aliphatic carbocycles. The van der Waals surface area contributed by atoms with Gasteiger partial charge in [0, 0.05) is 12.6 Å². The summed E-state index contributed by atoms with van der Waals surface area (Å²) in [4.78, 5) is 11.8. The SMILES string of the molecule is Cl.NCC(NC(=O)COCC1CC1)C1CCCCC1. The Kier molecular flexibility index (Phi) is 7.73. The highest BCUT2D eigenvalue weighted by molar-refractivity contribution is 5.85. The molecular formula is C14H27ClN2O2. The van der Waals surface area contributed by atoms with Gasteiger partial charge >= 0.3 is 0 Å². The van der Waals surface area contributed by atoms with Crippen molar-refractivity contribution in [2.75, 3.05) is 19.8 Å². The number of nitrogens with two attached hydrogens (primary N) is 1. The second-order valence-corrected chi connectivity index (χ2v) is 5.77. The monoisotopic (exact) mass is 290 g/mol. The van der Waals surface area contributed by atoms with Crippen LogP contribution in [0.2, 0.25) is 0 Å². The second-order valence-electron chi connectivity index (χ2n) is 5.77. The van der Waals surface area contributed by atoms with E-state index in [9.17, 15) is 4.79 Å². The summed E-state index contributed by atoms with van der Waals surface area (Å²) >= 11 is 0. The number of halogens is 1. The number of rotatable bonds is 7. The quantitative estimate of drug-likeness (QED) is 0.752. The van der Waals surface area contributed by atoms with Gasteiger partial charge in [0.1, 0.15) is 6.61 Å². The molecule has 0 spiro atoms. The van der Waals surface area contributed by atoms with Gasteiger partial charge < -0.3 is 15.8 Å². The number of carbonyl (C=O) groups excluding carboxylic acids is 1. The van der Waals surface area contributed by atoms with Crippen LogP contribution in [0.1, 0.15) is 44.9 Å². The first-order valence-electron chi connectivity index (χ1n) is 7.36. The van der Waals surface area contributed by atoms with E-state index in [2.05, 4.69) is 5.32 Å². The van der Waals surface area contributed by atoms with E-state index >= 15 is 0 Å². The molecule has 1 unspecified atom stereocenters. The van der Waals surface area contributed by atoms with Gasteiger partial charge in [-0.05, 0) is 37.5 Å². The standard InChI is InChI=1S/C14H26N2O2.ClH/c15-8-13(12-4-2-1-3-5-12)16-14(17)10-18-9-11-6-7-11;/h11-13H,1-10,15H2,(H,16,17);1H. The molecule has 2 saturated carbocycles. The number of carbonyl (C=O) groups is 1. The van der Waals surface area contributed by atoms with Crippen molar-refractivity contribution in [2.45, 2.75) is 51.0 Å². The van der Waals surface area contributed by atoms with Gasteiger partial charge in [0.25, 0.3) is 0 Å². The lowest BCUT2D eigenvalue weighted by Crippen LogP contribution is -2.47. The van der Waals surface area contributed by atoms with Crippen LogP contribution in [-0.2, 0) is 9.53 Å². The largest absolute Gasteiger partial charge is 0.371 e. The Morgan fingerprint density at radius 3 is 2.47 bits per heavy atom. The van der Waals surface area contributed by atoms with E-state index in [-0.39, 0.29) is 31.0 Å². The molecule has 112 valence electrons. The maximum atomic E-state index is 11.8. The molecular weight excluding hydrogens is 264 g/mol. The summed E-state index contributed by atoms with van der Waals surface area (Å²) in [5, 5.41) is 3.04. The van der Waals surface area contributed by atoms with Gasteiger partial charge in [0.2, 0.25) is 5.91 Å². The lowest BCUT2D eigenvalue weighted by Gasteiger charge is -2.30. The Morgan fingerprint density at radius 1 is 1.21 bits per heavy atom. The summed E-state index contributed by atoms with van der Waals surface area (Å²) in [7, 11) is 0. The molecule has 1 amide bonds. The fourth-order valence-electron chi connectivity index (χ4n) is 2.76. The molecule has 0 aromatic carbocycles. The second kappa shape index (κ2) is 8.77. The number of hydrogen-bond donors (Lipinski definition) is 2. The van der Waals surface area contributed by atoms with E-state index in [0.29, 0.717) is 18.4 Å². The van der Waals surface area contributed by atoms with E-state index < -0.39 is 0 Å². The molecule has 0 heterocycles. The molecule has 0 aromatic heterocycles. The minimum atomic E-state index is -0.00308. The van der Waals surface area contributed by atoms with Crippen LogP contribution in [0, 0.1) is 11.8 Å². The summed E-state index contributed by atoms with van der Waals surface area (Å²) in [6.07, 6.45) is 8.79. The Labute approximate surface area is 122 Å². The van der Waals surface area contributed by atoms with Crippen LogP contribution in [-0.4, -0.2) is 31.7 Å². The van der Waals surface area contributed by atoms with Crippen molar-refractivity contribution < 1.29 is 9.53 Å². The zero-order chi connectivity index (χ0) is 12.8. The molecule has 0 saturated heterocycles. The molecule has 4 nitrogen and oxygen atoms in total. The van der Waals surface area contributed by atoms with E-state index in [1.165, 1.54) is 44.9 Å². The van der Waals surface area contributed by atoms with Gasteiger partial charge in [-0.2, -0.15) is 0 Å². The molecule has 2 fully saturated rings. The van der Waals surface area contributed by atoms with Crippen LogP contribution in [0.25, 0.3) is 0 Å². The third-order valence-corrected chi connectivity index (χ3v) is 4.10. The highest BCUT2D eigenvalue weighted by Crippen LogP contribution is 2.28. The fourth-order valence-corrected chi connectivity index (χ4v) is 2.76. The van der Waals surface area contributed by atoms with Crippen LogP contribution < -0.4 is 11.1 Å². The van der Waals surface area contributed by atoms with Crippen LogP contribution in [0.4, 0.5) is 0 Å². The highest BCUT2D eigenvalue weighted by Gasteiger charge is 2.25. The zero-order valence-electron chi connectivity index (χ0n) is 11.6. The van der Waals surface area contributed by atoms with Crippen molar-refractivity contribution in [2.24, 2.45) is 17.6 Å². The van der Waals surface area contributed by atoms with E-state index in [1.54, 1.807) is 0 Å². The first-order chi connectivity index (χ1) is 8.79. The summed E-state index contributed by atoms with van der Waals surface area (Å²) in [6, 6.07) is 0.141. The normalized spacial score (nSPS) is 21.5. The number of nitrogens with one attached hydrogen (secondary N) is 1. The van der Waals surface area contributed by atoms with Gasteiger partial charge in [-0.25, -0.2) is 0 Å². The topological polar surface area (TPSA) is 64.3 Å². The average Bonchev–Trinajstić information content (AvgIpc) is 3.21. The van der Waals surface area contributed by atoms with E-state index in [4.69, 9.17) is 10.5 Å². The third kappa shape index (κ3) is 6.11. The maximum absolute atomic E-state index is 11.8. The number of amides is 1. The molecule has 1 atom stereocenters. The number of ether oxygens (including phenoxy) is 1. The first-order valence-corrected chi connectivity index (χ1v) is 7.36. The smallest absolute Gasteiger partial charge is 0.246 e. The van der Waals surface area contributed by atoms with Crippen molar-refractivity contribution in [3.05, 3.63) is 0 Å². The molecule has 5 heteroatoms. The molecule has 0 aliphatic heterocycles. The van der Waals surface area contributed by atoms with Crippen LogP contribution in [0.5, 0.6) is 0 Å². The van der Waals surface area contributed by atoms with Gasteiger partial charge in [0.15, 0.2) is 0 Å². The Balaban J connectivity index is 0.00000180. The molecule has 3 N–H and O–H groups in total. The third-order valence-electron chi connectivity index (χ3n) is 4.10. The molecule has 2 aliphatic rings. The van der Waals surface area contributed by atoms with Crippen molar-refractivity contribution in [1.82, 2.24) is 5.32 Å². The maximum Gasteiger partial charge on any atom is 0.246 e. The minimum Gasteiger partial charge on any atom is -0.371 e. The summed E-state index contributed by atoms with van der Waals surface area (Å²) < 4.78 is 5.40. The molecule has 2 rings (SSSR count). The van der Waals surface area contributed by atoms with Gasteiger partial charge in [-0.15, -0.1) is 12.4 Å². The van der Waals surface area contributed by atoms with Crippen molar-refractivity contribution in [3.63, 3.8) is 0 Å². The summed E-state index contributed by atoms with van der Waals surface area (Å²) in [5.74, 6) is 1.27. The van der Waals surface area contributed by atoms with Gasteiger partial charge in [-0.3, -0.25) is 4.79 Å². The van der Waals surface area contributed by atoms with Crippen molar-refractivity contribution in [1.29, 1.82) is 0 Å². The Hall–Kier alpha value is -0.320. The predicted octanol–water partition coefficient (Wildman–Crippen LogP) is 1.86. The average molecular weight is 291 g/mol. The van der Waals surface area contributed by atoms with Gasteiger partial charge in [0.05, 0.1) is 6.61 Å². The van der Waals surface area contributed by atoms with E-state index in [1.807, 2.05) is 0 Å². The number of hydrogen-bond acceptors (Lipinski definition) is 3. The molecule has 0 radical (unpaired) electrons. The minimum absolute atomic E-state index is 0. The first kappa shape index (κ1) is 16.7.